The quantitative estimate of drug-likeness (QED) is 0.271. The van der Waals surface area contributed by atoms with E-state index in [-0.39, 0.29) is 11.8 Å². The molecule has 0 unspecified atom stereocenters. The van der Waals surface area contributed by atoms with Gasteiger partial charge in [-0.25, -0.2) is 4.39 Å². The van der Waals surface area contributed by atoms with Crippen molar-refractivity contribution < 1.29 is 13.9 Å². The number of benzene rings is 2. The largest absolute Gasteiger partial charge is 0.426 e. The van der Waals surface area contributed by atoms with E-state index < -0.39 is 5.41 Å². The molecule has 4 aliphatic rings. The SMILES string of the molecule is CC(C)(C)C(=O)Oc1cccc(C(Sc2ccc(F)cc2)=C2C3CC4CC(C3)CC2C4)c1. The van der Waals surface area contributed by atoms with Gasteiger partial charge in [0.15, 0.2) is 0 Å². The molecule has 6 rings (SSSR count). The Hall–Kier alpha value is -2.07. The molecule has 168 valence electrons. The van der Waals surface area contributed by atoms with E-state index in [0.29, 0.717) is 17.6 Å². The minimum absolute atomic E-state index is 0.214. The monoisotopic (exact) mass is 450 g/mol. The van der Waals surface area contributed by atoms with Crippen molar-refractivity contribution in [2.24, 2.45) is 29.1 Å². The van der Waals surface area contributed by atoms with E-state index in [1.807, 2.05) is 51.1 Å². The zero-order valence-corrected chi connectivity index (χ0v) is 19.9. The second-order valence-corrected chi connectivity index (χ2v) is 11.9. The van der Waals surface area contributed by atoms with Gasteiger partial charge < -0.3 is 4.74 Å². The van der Waals surface area contributed by atoms with Gasteiger partial charge in [-0.15, -0.1) is 0 Å². The van der Waals surface area contributed by atoms with Gasteiger partial charge in [-0.05, 0) is 124 Å². The Morgan fingerprint density at radius 3 is 2.16 bits per heavy atom. The number of allylic oxidation sites excluding steroid dienone is 1. The predicted molar refractivity (Wildman–Crippen MR) is 128 cm³/mol. The number of rotatable bonds is 4. The Kier molecular flexibility index (Phi) is 5.69. The number of ether oxygens (including phenoxy) is 1. The first-order chi connectivity index (χ1) is 15.3. The summed E-state index contributed by atoms with van der Waals surface area (Å²) >= 11 is 1.74. The van der Waals surface area contributed by atoms with Crippen LogP contribution in [0.4, 0.5) is 4.39 Å². The minimum atomic E-state index is -0.554. The van der Waals surface area contributed by atoms with E-state index in [0.717, 1.165) is 22.3 Å². The van der Waals surface area contributed by atoms with Crippen molar-refractivity contribution in [1.82, 2.24) is 0 Å². The Morgan fingerprint density at radius 2 is 1.56 bits per heavy atom. The van der Waals surface area contributed by atoms with Crippen molar-refractivity contribution in [2.75, 3.05) is 0 Å². The second-order valence-electron chi connectivity index (χ2n) is 10.8. The molecular formula is C28H31FO2S. The number of hydrogen-bond acceptors (Lipinski definition) is 3. The van der Waals surface area contributed by atoms with Crippen LogP contribution in [0.5, 0.6) is 5.75 Å². The number of carbonyl (C=O) groups excluding carboxylic acids is 1. The molecule has 4 heteroatoms. The second kappa shape index (κ2) is 8.37. The van der Waals surface area contributed by atoms with Gasteiger partial charge in [0.1, 0.15) is 11.6 Å². The first-order valence-electron chi connectivity index (χ1n) is 11.8. The van der Waals surface area contributed by atoms with E-state index in [1.165, 1.54) is 49.1 Å². The lowest BCUT2D eigenvalue weighted by atomic mass is 9.54. The van der Waals surface area contributed by atoms with Crippen molar-refractivity contribution in [3.8, 4) is 5.75 Å². The highest BCUT2D eigenvalue weighted by Crippen LogP contribution is 2.59. The third-order valence-corrected chi connectivity index (χ3v) is 8.42. The summed E-state index contributed by atoms with van der Waals surface area (Å²) in [7, 11) is 0. The molecule has 4 saturated carbocycles. The van der Waals surface area contributed by atoms with E-state index in [9.17, 15) is 9.18 Å². The maximum atomic E-state index is 13.5. The average Bonchev–Trinajstić information content (AvgIpc) is 2.73. The zero-order chi connectivity index (χ0) is 22.5. The molecule has 2 aromatic rings. The zero-order valence-electron chi connectivity index (χ0n) is 19.1. The van der Waals surface area contributed by atoms with Crippen LogP contribution >= 0.6 is 11.8 Å². The molecule has 4 aliphatic carbocycles. The highest BCUT2D eigenvalue weighted by atomic mass is 32.2. The molecular weight excluding hydrogens is 419 g/mol. The molecule has 4 fully saturated rings. The highest BCUT2D eigenvalue weighted by Gasteiger charge is 2.46. The maximum absolute atomic E-state index is 13.5. The standard InChI is InChI=1S/C28H31FO2S/c1-28(2,3)27(30)31-23-6-4-5-19(16-23)26(32-24-9-7-22(29)8-10-24)25-20-12-17-11-18(14-20)15-21(25)13-17/h4-10,16-18,20-21H,11-15H2,1-3H3. The molecule has 0 aliphatic heterocycles. The summed E-state index contributed by atoms with van der Waals surface area (Å²) in [5.74, 6) is 3.21. The van der Waals surface area contributed by atoms with Gasteiger partial charge in [-0.3, -0.25) is 4.79 Å². The number of hydrogen-bond donors (Lipinski definition) is 0. The van der Waals surface area contributed by atoms with Crippen LogP contribution in [-0.4, -0.2) is 5.97 Å². The van der Waals surface area contributed by atoms with Crippen LogP contribution < -0.4 is 4.74 Å². The minimum Gasteiger partial charge on any atom is -0.426 e. The van der Waals surface area contributed by atoms with Crippen LogP contribution in [0.3, 0.4) is 0 Å². The third kappa shape index (κ3) is 4.39. The predicted octanol–water partition coefficient (Wildman–Crippen LogP) is 7.74. The first-order valence-corrected chi connectivity index (χ1v) is 12.6. The van der Waals surface area contributed by atoms with Gasteiger partial charge in [-0.2, -0.15) is 0 Å². The average molecular weight is 451 g/mol. The van der Waals surface area contributed by atoms with Gasteiger partial charge in [0.05, 0.1) is 5.41 Å². The Bertz CT molecular complexity index is 1020. The molecule has 2 aromatic carbocycles. The van der Waals surface area contributed by atoms with Gasteiger partial charge in [0.25, 0.3) is 0 Å². The Labute approximate surface area is 194 Å². The molecule has 0 aromatic heterocycles. The molecule has 0 atom stereocenters. The smallest absolute Gasteiger partial charge is 0.316 e. The number of thioether (sulfide) groups is 1. The molecule has 0 heterocycles. The molecule has 0 spiro atoms. The fourth-order valence-corrected chi connectivity index (χ4v) is 7.13. The summed E-state index contributed by atoms with van der Waals surface area (Å²) < 4.78 is 19.3. The topological polar surface area (TPSA) is 26.3 Å². The summed E-state index contributed by atoms with van der Waals surface area (Å²) in [5.41, 5.74) is 2.13. The van der Waals surface area contributed by atoms with Crippen LogP contribution in [0.1, 0.15) is 58.4 Å². The Balaban J connectivity index is 1.54. The van der Waals surface area contributed by atoms with E-state index >= 15 is 0 Å². The van der Waals surface area contributed by atoms with Crippen molar-refractivity contribution in [2.45, 2.75) is 57.8 Å². The van der Waals surface area contributed by atoms with Gasteiger partial charge in [-0.1, -0.05) is 23.9 Å². The summed E-state index contributed by atoms with van der Waals surface area (Å²) in [5, 5.41) is 0. The normalized spacial score (nSPS) is 26.3. The van der Waals surface area contributed by atoms with Gasteiger partial charge >= 0.3 is 5.97 Å². The number of esters is 1. The van der Waals surface area contributed by atoms with Gasteiger partial charge in [0, 0.05) is 9.80 Å². The number of halogens is 1. The van der Waals surface area contributed by atoms with Crippen molar-refractivity contribution in [1.29, 1.82) is 0 Å². The van der Waals surface area contributed by atoms with Crippen LogP contribution in [0.25, 0.3) is 4.91 Å². The Morgan fingerprint density at radius 1 is 0.938 bits per heavy atom. The lowest BCUT2D eigenvalue weighted by molar-refractivity contribution is -0.142. The van der Waals surface area contributed by atoms with E-state index in [2.05, 4.69) is 6.07 Å². The molecule has 0 N–H and O–H groups in total. The molecule has 2 nitrogen and oxygen atoms in total. The summed E-state index contributed by atoms with van der Waals surface area (Å²) in [4.78, 5) is 14.8. The fourth-order valence-electron chi connectivity index (χ4n) is 5.93. The van der Waals surface area contributed by atoms with Crippen LogP contribution in [0.15, 0.2) is 59.0 Å². The molecule has 0 amide bonds. The van der Waals surface area contributed by atoms with Gasteiger partial charge in [0.2, 0.25) is 0 Å². The van der Waals surface area contributed by atoms with Crippen molar-refractivity contribution >= 4 is 22.6 Å². The lowest BCUT2D eigenvalue weighted by Crippen LogP contribution is -2.40. The maximum Gasteiger partial charge on any atom is 0.316 e. The van der Waals surface area contributed by atoms with E-state index in [4.69, 9.17) is 4.74 Å². The summed E-state index contributed by atoms with van der Waals surface area (Å²) in [6, 6.07) is 14.7. The molecule has 32 heavy (non-hydrogen) atoms. The third-order valence-electron chi connectivity index (χ3n) is 7.23. The molecule has 0 saturated heterocycles. The lowest BCUT2D eigenvalue weighted by Gasteiger charge is -2.52. The molecule has 4 bridgehead atoms. The fraction of sp³-hybridized carbons (Fsp3) is 0.464. The van der Waals surface area contributed by atoms with Crippen LogP contribution in [0, 0.1) is 34.9 Å². The summed E-state index contributed by atoms with van der Waals surface area (Å²) in [6.45, 7) is 5.60. The molecule has 0 radical (unpaired) electrons. The summed E-state index contributed by atoms with van der Waals surface area (Å²) in [6.07, 6.45) is 6.62. The van der Waals surface area contributed by atoms with Crippen molar-refractivity contribution in [3.05, 3.63) is 65.5 Å². The van der Waals surface area contributed by atoms with E-state index in [1.54, 1.807) is 17.3 Å². The highest BCUT2D eigenvalue weighted by molar-refractivity contribution is 8.08. The van der Waals surface area contributed by atoms with Crippen molar-refractivity contribution in [3.63, 3.8) is 0 Å². The first kappa shape index (κ1) is 21.8. The van der Waals surface area contributed by atoms with Crippen LogP contribution in [-0.2, 0) is 4.79 Å². The number of carbonyl (C=O) groups is 1. The van der Waals surface area contributed by atoms with Crippen LogP contribution in [0.2, 0.25) is 0 Å².